The van der Waals surface area contributed by atoms with Crippen molar-refractivity contribution in [3.8, 4) is 0 Å². The molecule has 0 saturated heterocycles. The smallest absolute Gasteiger partial charge is 0.251 e. The molecule has 0 amide bonds. The molecule has 5 rings (SSSR count). The summed E-state index contributed by atoms with van der Waals surface area (Å²) in [6.45, 7) is 1.94. The van der Waals surface area contributed by atoms with E-state index >= 15 is 0 Å². The van der Waals surface area contributed by atoms with Gasteiger partial charge in [-0.05, 0) is 67.7 Å². The number of pyridine rings is 1. The van der Waals surface area contributed by atoms with Gasteiger partial charge in [0.25, 0.3) is 5.56 Å². The topological polar surface area (TPSA) is 44.9 Å². The fourth-order valence-electron chi connectivity index (χ4n) is 4.06. The van der Waals surface area contributed by atoms with Gasteiger partial charge in [0.05, 0.1) is 11.4 Å². The molecule has 2 bridgehead atoms. The Morgan fingerprint density at radius 1 is 1.09 bits per heavy atom. The molecule has 4 heteroatoms. The van der Waals surface area contributed by atoms with Gasteiger partial charge in [-0.1, -0.05) is 6.07 Å². The molecule has 0 atom stereocenters. The van der Waals surface area contributed by atoms with Crippen molar-refractivity contribution >= 4 is 11.4 Å². The molecule has 0 aliphatic heterocycles. The van der Waals surface area contributed by atoms with Gasteiger partial charge in [0.1, 0.15) is 5.82 Å². The normalized spacial score (nSPS) is 22.5. The summed E-state index contributed by atoms with van der Waals surface area (Å²) in [6, 6.07) is 5.03. The van der Waals surface area contributed by atoms with Crippen molar-refractivity contribution in [2.75, 3.05) is 5.32 Å². The van der Waals surface area contributed by atoms with Crippen LogP contribution in [0.2, 0.25) is 0 Å². The summed E-state index contributed by atoms with van der Waals surface area (Å²) in [5, 5.41) is 3.21. The summed E-state index contributed by atoms with van der Waals surface area (Å²) >= 11 is 0. The molecule has 22 heavy (non-hydrogen) atoms. The van der Waals surface area contributed by atoms with Crippen molar-refractivity contribution in [3.63, 3.8) is 0 Å². The second-order valence-corrected chi connectivity index (χ2v) is 6.52. The van der Waals surface area contributed by atoms with Crippen LogP contribution in [0.4, 0.5) is 15.8 Å². The number of hydrogen-bond acceptors (Lipinski definition) is 2. The minimum absolute atomic E-state index is 0.0275. The summed E-state index contributed by atoms with van der Waals surface area (Å²) in [6.07, 6.45) is 6.16. The van der Waals surface area contributed by atoms with Gasteiger partial charge in [-0.25, -0.2) is 4.39 Å². The first-order valence-electron chi connectivity index (χ1n) is 7.92. The fraction of sp³-hybridized carbons (Fsp3) is 0.389. The summed E-state index contributed by atoms with van der Waals surface area (Å²) in [7, 11) is 0. The molecule has 3 nitrogen and oxygen atoms in total. The lowest BCUT2D eigenvalue weighted by Crippen LogP contribution is -2.30. The Hall–Kier alpha value is -2.10. The zero-order chi connectivity index (χ0) is 15.3. The number of hydrogen-bond donors (Lipinski definition) is 2. The average Bonchev–Trinajstić information content (AvgIpc) is 2.54. The molecule has 0 unspecified atom stereocenters. The molecule has 3 aliphatic carbocycles. The maximum atomic E-state index is 14.0. The summed E-state index contributed by atoms with van der Waals surface area (Å²) in [5.74, 6) is 0.525. The molecule has 1 fully saturated rings. The maximum absolute atomic E-state index is 14.0. The zero-order valence-electron chi connectivity index (χ0n) is 12.6. The number of aryl methyl sites for hydroxylation is 1. The first kappa shape index (κ1) is 13.6. The molecule has 3 aliphatic rings. The van der Waals surface area contributed by atoms with Crippen LogP contribution in [0.3, 0.4) is 0 Å². The molecule has 0 spiro atoms. The summed E-state index contributed by atoms with van der Waals surface area (Å²) < 4.78 is 14.0. The van der Waals surface area contributed by atoms with Gasteiger partial charge in [0.2, 0.25) is 0 Å². The van der Waals surface area contributed by atoms with Crippen LogP contribution >= 0.6 is 0 Å². The van der Waals surface area contributed by atoms with E-state index in [4.69, 9.17) is 0 Å². The quantitative estimate of drug-likeness (QED) is 0.867. The van der Waals surface area contributed by atoms with E-state index in [9.17, 15) is 9.18 Å². The lowest BCUT2D eigenvalue weighted by atomic mass is 9.67. The van der Waals surface area contributed by atoms with Crippen LogP contribution < -0.4 is 10.9 Å². The molecule has 114 valence electrons. The van der Waals surface area contributed by atoms with Crippen LogP contribution in [0.25, 0.3) is 0 Å². The Morgan fingerprint density at radius 2 is 1.77 bits per heavy atom. The number of aromatic amines is 1. The van der Waals surface area contributed by atoms with Crippen molar-refractivity contribution in [2.45, 2.75) is 44.4 Å². The Labute approximate surface area is 128 Å². The average molecular weight is 298 g/mol. The second kappa shape index (κ2) is 4.97. The van der Waals surface area contributed by atoms with Gasteiger partial charge >= 0.3 is 0 Å². The highest BCUT2D eigenvalue weighted by Crippen LogP contribution is 2.50. The number of aromatic nitrogens is 1. The summed E-state index contributed by atoms with van der Waals surface area (Å²) in [5.41, 5.74) is 4.40. The molecule has 1 aromatic carbocycles. The number of halogens is 1. The van der Waals surface area contributed by atoms with E-state index in [-0.39, 0.29) is 11.4 Å². The highest BCUT2D eigenvalue weighted by Gasteiger charge is 2.36. The third-order valence-electron chi connectivity index (χ3n) is 5.11. The Balaban J connectivity index is 1.82. The van der Waals surface area contributed by atoms with E-state index in [1.807, 2.05) is 6.92 Å². The molecule has 0 radical (unpaired) electrons. The Kier molecular flexibility index (Phi) is 3.06. The van der Waals surface area contributed by atoms with Crippen LogP contribution in [-0.2, 0) is 0 Å². The number of fused-ring (bicyclic) bond motifs is 2. The predicted octanol–water partition coefficient (Wildman–Crippen LogP) is 4.32. The van der Waals surface area contributed by atoms with Gasteiger partial charge in [0, 0.05) is 11.8 Å². The largest absolute Gasteiger partial charge is 0.352 e. The molecular formula is C18H19FN2O. The fourth-order valence-corrected chi connectivity index (χ4v) is 4.06. The van der Waals surface area contributed by atoms with Gasteiger partial charge in [-0.15, -0.1) is 0 Å². The van der Waals surface area contributed by atoms with Crippen LogP contribution in [0, 0.1) is 12.7 Å². The van der Waals surface area contributed by atoms with Crippen molar-refractivity contribution < 1.29 is 4.39 Å². The van der Waals surface area contributed by atoms with E-state index in [1.165, 1.54) is 6.07 Å². The van der Waals surface area contributed by atoms with E-state index in [0.717, 1.165) is 48.1 Å². The first-order valence-corrected chi connectivity index (χ1v) is 7.92. The minimum Gasteiger partial charge on any atom is -0.352 e. The molecule has 2 N–H and O–H groups in total. The second-order valence-electron chi connectivity index (χ2n) is 6.52. The number of anilines is 2. The highest BCUT2D eigenvalue weighted by molar-refractivity contribution is 5.66. The van der Waals surface area contributed by atoms with Gasteiger partial charge in [-0.3, -0.25) is 4.79 Å². The van der Waals surface area contributed by atoms with Crippen LogP contribution in [0.15, 0.2) is 29.2 Å². The van der Waals surface area contributed by atoms with Gasteiger partial charge in [0.15, 0.2) is 0 Å². The molecule has 1 saturated carbocycles. The summed E-state index contributed by atoms with van der Waals surface area (Å²) in [4.78, 5) is 15.0. The van der Waals surface area contributed by atoms with Crippen LogP contribution in [0.1, 0.15) is 54.2 Å². The van der Waals surface area contributed by atoms with E-state index in [1.54, 1.807) is 18.3 Å². The molecule has 1 heterocycles. The van der Waals surface area contributed by atoms with Gasteiger partial charge < -0.3 is 10.3 Å². The predicted molar refractivity (Wildman–Crippen MR) is 85.4 cm³/mol. The maximum Gasteiger partial charge on any atom is 0.251 e. The van der Waals surface area contributed by atoms with E-state index in [2.05, 4.69) is 10.3 Å². The number of H-pyrrole nitrogens is 1. The molecular weight excluding hydrogens is 279 g/mol. The lowest BCUT2D eigenvalue weighted by molar-refractivity contribution is 0.356. The van der Waals surface area contributed by atoms with E-state index in [0.29, 0.717) is 17.5 Å². The van der Waals surface area contributed by atoms with Crippen molar-refractivity contribution in [3.05, 3.63) is 57.3 Å². The monoisotopic (exact) mass is 298 g/mol. The van der Waals surface area contributed by atoms with Crippen molar-refractivity contribution in [2.24, 2.45) is 0 Å². The number of benzene rings is 1. The van der Waals surface area contributed by atoms with Crippen LogP contribution in [0.5, 0.6) is 0 Å². The minimum atomic E-state index is -0.272. The number of rotatable bonds is 2. The number of nitrogens with one attached hydrogen (secondary N) is 2. The lowest BCUT2D eigenvalue weighted by Gasteiger charge is -2.38. The van der Waals surface area contributed by atoms with E-state index < -0.39 is 0 Å². The standard InChI is InChI=1S/C18H19FN2O/c1-10-2-7-13(19)14(8-10)21-15-9-20-18(22)17-12-5-3-11(4-6-12)16(15)17/h2,7-9,11-12,21H,3-6H2,1H3,(H,20,22). The third-order valence-corrected chi connectivity index (χ3v) is 5.11. The van der Waals surface area contributed by atoms with Crippen molar-refractivity contribution in [1.82, 2.24) is 4.98 Å². The third kappa shape index (κ3) is 2.05. The van der Waals surface area contributed by atoms with Crippen molar-refractivity contribution in [1.29, 1.82) is 0 Å². The SMILES string of the molecule is Cc1ccc(F)c(Nc2c[nH]c(=O)c3c2C2CCC3CC2)c1. The first-order chi connectivity index (χ1) is 10.6. The molecule has 1 aromatic heterocycles. The zero-order valence-corrected chi connectivity index (χ0v) is 12.6. The molecule has 2 aromatic rings. The Morgan fingerprint density at radius 3 is 2.50 bits per heavy atom. The Bertz CT molecular complexity index is 788. The van der Waals surface area contributed by atoms with Crippen LogP contribution in [-0.4, -0.2) is 4.98 Å². The van der Waals surface area contributed by atoms with Gasteiger partial charge in [-0.2, -0.15) is 0 Å². The highest BCUT2D eigenvalue weighted by atomic mass is 19.1.